The molecule has 0 aliphatic carbocycles. The SMILES string of the molecule is C=C[CH2-].[Ru+4]. The Bertz CT molecular complexity index is 10.8. The van der Waals surface area contributed by atoms with Crippen LogP contribution < -0.4 is 0 Å². The number of allylic oxidation sites excluding steroid dienone is 1. The van der Waals surface area contributed by atoms with Gasteiger partial charge in [-0.3, -0.25) is 0 Å². The molecule has 0 nitrogen and oxygen atoms in total. The van der Waals surface area contributed by atoms with Gasteiger partial charge in [0.1, 0.15) is 0 Å². The standard InChI is InChI=1S/C3H5.Ru/c1-3-2;/h3H,1-2H2;/q-1;+4. The van der Waals surface area contributed by atoms with Crippen LogP contribution >= 0.6 is 0 Å². The monoisotopic (exact) mass is 143 g/mol. The summed E-state index contributed by atoms with van der Waals surface area (Å²) in [6.45, 7) is 6.50. The first-order valence-corrected chi connectivity index (χ1v) is 0.816. The third-order valence-electron chi connectivity index (χ3n) is 0. The molecule has 0 spiro atoms. The molecule has 0 aliphatic heterocycles. The molecule has 0 fully saturated rings. The fourth-order valence-electron chi connectivity index (χ4n) is 0. The van der Waals surface area contributed by atoms with Crippen LogP contribution in [0.3, 0.4) is 0 Å². The predicted octanol–water partition coefficient (Wildman–Crippen LogP) is 1.00. The molecule has 22 valence electrons. The smallest absolute Gasteiger partial charge is 0.245 e. The zero-order valence-corrected chi connectivity index (χ0v) is 4.08. The first kappa shape index (κ1) is 8.87. The molecule has 0 aromatic carbocycles. The summed E-state index contributed by atoms with van der Waals surface area (Å²) in [6, 6.07) is 0. The van der Waals surface area contributed by atoms with Crippen LogP contribution in [0.15, 0.2) is 12.7 Å². The largest absolute Gasteiger partial charge is 4.00 e. The summed E-state index contributed by atoms with van der Waals surface area (Å²) in [4.78, 5) is 0. The summed E-state index contributed by atoms with van der Waals surface area (Å²) in [6.07, 6.45) is 1.50. The molecule has 0 aliphatic rings. The molecule has 0 rings (SSSR count). The van der Waals surface area contributed by atoms with Gasteiger partial charge in [0.15, 0.2) is 0 Å². The molecular formula is C3H5Ru+3. The van der Waals surface area contributed by atoms with Crippen molar-refractivity contribution in [2.75, 3.05) is 0 Å². The number of rotatable bonds is 0. The minimum atomic E-state index is 0. The molecule has 0 bridgehead atoms. The van der Waals surface area contributed by atoms with Gasteiger partial charge in [0.2, 0.25) is 0 Å². The molecule has 0 N–H and O–H groups in total. The van der Waals surface area contributed by atoms with Gasteiger partial charge in [0.25, 0.3) is 0 Å². The molecule has 0 aromatic heterocycles. The van der Waals surface area contributed by atoms with Crippen LogP contribution in [0.2, 0.25) is 0 Å². The van der Waals surface area contributed by atoms with Crippen molar-refractivity contribution in [2.24, 2.45) is 0 Å². The molecule has 0 aromatic rings. The Morgan fingerprint density at radius 3 is 1.75 bits per heavy atom. The van der Waals surface area contributed by atoms with E-state index in [0.717, 1.165) is 0 Å². The first-order chi connectivity index (χ1) is 1.41. The van der Waals surface area contributed by atoms with Crippen molar-refractivity contribution in [3.8, 4) is 0 Å². The van der Waals surface area contributed by atoms with E-state index >= 15 is 0 Å². The van der Waals surface area contributed by atoms with Gasteiger partial charge >= 0.3 is 19.5 Å². The Labute approximate surface area is 39.7 Å². The summed E-state index contributed by atoms with van der Waals surface area (Å²) in [7, 11) is 0. The average Bonchev–Trinajstić information content (AvgIpc) is 0.918. The molecule has 0 amide bonds. The first-order valence-electron chi connectivity index (χ1n) is 0.816. The van der Waals surface area contributed by atoms with Gasteiger partial charge in [-0.1, -0.05) is 0 Å². The maximum Gasteiger partial charge on any atom is 4.00 e. The summed E-state index contributed by atoms with van der Waals surface area (Å²) in [5, 5.41) is 0. The van der Waals surface area contributed by atoms with Crippen LogP contribution in [-0.4, -0.2) is 0 Å². The number of hydrogen-bond acceptors (Lipinski definition) is 0. The van der Waals surface area contributed by atoms with Gasteiger partial charge in [0, 0.05) is 0 Å². The van der Waals surface area contributed by atoms with E-state index in [0.29, 0.717) is 0 Å². The molecule has 0 atom stereocenters. The number of hydrogen-bond donors (Lipinski definition) is 0. The zero-order chi connectivity index (χ0) is 2.71. The van der Waals surface area contributed by atoms with Crippen LogP contribution in [-0.2, 0) is 19.5 Å². The molecule has 0 saturated heterocycles. The van der Waals surface area contributed by atoms with Gasteiger partial charge < -0.3 is 0 Å². The minimum absolute atomic E-state index is 0. The average molecular weight is 142 g/mol. The van der Waals surface area contributed by atoms with E-state index in [-0.39, 0.29) is 19.5 Å². The Balaban J connectivity index is 0. The van der Waals surface area contributed by atoms with Gasteiger partial charge in [-0.25, -0.2) is 19.6 Å². The third kappa shape index (κ3) is 62.4. The van der Waals surface area contributed by atoms with E-state index in [1.807, 2.05) is 0 Å². The minimum Gasteiger partial charge on any atom is -0.245 e. The topological polar surface area (TPSA) is 0 Å². The normalized spacial score (nSPS) is 3.00. The summed E-state index contributed by atoms with van der Waals surface area (Å²) < 4.78 is 0. The maximum atomic E-state index is 3.25. The van der Waals surface area contributed by atoms with Crippen molar-refractivity contribution in [3.05, 3.63) is 19.6 Å². The maximum absolute atomic E-state index is 3.25. The van der Waals surface area contributed by atoms with Crippen molar-refractivity contribution in [1.29, 1.82) is 0 Å². The quantitative estimate of drug-likeness (QED) is 0.349. The Kier molecular flexibility index (Phi) is 23.5. The molecule has 0 radical (unpaired) electrons. The van der Waals surface area contributed by atoms with Gasteiger partial charge in [-0.2, -0.15) is 0 Å². The molecule has 0 heterocycles. The van der Waals surface area contributed by atoms with Gasteiger partial charge in [0.05, 0.1) is 0 Å². The summed E-state index contributed by atoms with van der Waals surface area (Å²) in [5.41, 5.74) is 0. The van der Waals surface area contributed by atoms with E-state index in [9.17, 15) is 0 Å². The van der Waals surface area contributed by atoms with Crippen molar-refractivity contribution < 1.29 is 19.5 Å². The third-order valence-corrected chi connectivity index (χ3v) is 0. The Morgan fingerprint density at radius 2 is 1.75 bits per heavy atom. The second-order valence-corrected chi connectivity index (χ2v) is 0.289. The van der Waals surface area contributed by atoms with Crippen LogP contribution in [0.4, 0.5) is 0 Å². The van der Waals surface area contributed by atoms with Crippen LogP contribution in [0, 0.1) is 6.92 Å². The van der Waals surface area contributed by atoms with Crippen molar-refractivity contribution >= 4 is 0 Å². The van der Waals surface area contributed by atoms with E-state index in [4.69, 9.17) is 0 Å². The van der Waals surface area contributed by atoms with Crippen molar-refractivity contribution in [1.82, 2.24) is 0 Å². The van der Waals surface area contributed by atoms with E-state index in [1.54, 1.807) is 0 Å². The summed E-state index contributed by atoms with van der Waals surface area (Å²) >= 11 is 0. The molecule has 0 unspecified atom stereocenters. The molecular weight excluding hydrogens is 137 g/mol. The fraction of sp³-hybridized carbons (Fsp3) is 0. The molecule has 4 heavy (non-hydrogen) atoms. The Morgan fingerprint density at radius 1 is 1.75 bits per heavy atom. The van der Waals surface area contributed by atoms with E-state index in [1.165, 1.54) is 6.08 Å². The summed E-state index contributed by atoms with van der Waals surface area (Å²) in [5.74, 6) is 0. The fourth-order valence-corrected chi connectivity index (χ4v) is 0. The molecule has 0 saturated carbocycles. The van der Waals surface area contributed by atoms with Crippen LogP contribution in [0.5, 0.6) is 0 Å². The van der Waals surface area contributed by atoms with Crippen LogP contribution in [0.1, 0.15) is 0 Å². The van der Waals surface area contributed by atoms with E-state index in [2.05, 4.69) is 13.5 Å². The van der Waals surface area contributed by atoms with Gasteiger partial charge in [-0.05, 0) is 0 Å². The van der Waals surface area contributed by atoms with Gasteiger partial charge in [-0.15, -0.1) is 0 Å². The van der Waals surface area contributed by atoms with Crippen molar-refractivity contribution in [2.45, 2.75) is 0 Å². The second-order valence-electron chi connectivity index (χ2n) is 0.289. The second kappa shape index (κ2) is 10.6. The molecule has 1 heteroatoms. The predicted molar refractivity (Wildman–Crippen MR) is 15.6 cm³/mol. The van der Waals surface area contributed by atoms with Crippen LogP contribution in [0.25, 0.3) is 0 Å². The van der Waals surface area contributed by atoms with Crippen molar-refractivity contribution in [3.63, 3.8) is 0 Å². The Hall–Kier alpha value is 0.233. The zero-order valence-electron chi connectivity index (χ0n) is 2.35. The van der Waals surface area contributed by atoms with E-state index < -0.39 is 0 Å².